The molecule has 1 aromatic heterocycles. The van der Waals surface area contributed by atoms with E-state index in [1.54, 1.807) is 18.3 Å². The van der Waals surface area contributed by atoms with Crippen LogP contribution in [0.2, 0.25) is 0 Å². The van der Waals surface area contributed by atoms with Crippen LogP contribution in [0.5, 0.6) is 0 Å². The second-order valence-corrected chi connectivity index (χ2v) is 8.52. The molecule has 2 N–H and O–H groups in total. The van der Waals surface area contributed by atoms with Crippen LogP contribution in [0.1, 0.15) is 37.9 Å². The zero-order valence-corrected chi connectivity index (χ0v) is 17.7. The van der Waals surface area contributed by atoms with E-state index in [2.05, 4.69) is 20.3 Å². The van der Waals surface area contributed by atoms with Gasteiger partial charge in [-0.15, -0.1) is 0 Å². The third-order valence-corrected chi connectivity index (χ3v) is 4.93. The average Bonchev–Trinajstić information content (AvgIpc) is 3.34. The van der Waals surface area contributed by atoms with Crippen molar-refractivity contribution in [2.45, 2.75) is 44.9 Å². The molecule has 0 saturated heterocycles. The summed E-state index contributed by atoms with van der Waals surface area (Å²) in [4.78, 5) is 24.9. The van der Waals surface area contributed by atoms with E-state index in [1.807, 2.05) is 51.2 Å². The molecule has 0 bridgehead atoms. The van der Waals surface area contributed by atoms with Crippen molar-refractivity contribution in [3.63, 3.8) is 0 Å². The first kappa shape index (κ1) is 20.8. The highest BCUT2D eigenvalue weighted by Crippen LogP contribution is 2.24. The van der Waals surface area contributed by atoms with E-state index in [0.717, 1.165) is 22.0 Å². The van der Waals surface area contributed by atoms with Crippen LogP contribution in [0.4, 0.5) is 9.18 Å². The lowest BCUT2D eigenvalue weighted by Gasteiger charge is -2.23. The summed E-state index contributed by atoms with van der Waals surface area (Å²) in [5.74, 6) is 0.206. The fraction of sp³-hybridized carbons (Fsp3) is 0.292. The Morgan fingerprint density at radius 2 is 1.94 bits per heavy atom. The molecule has 0 fully saturated rings. The van der Waals surface area contributed by atoms with Gasteiger partial charge in [-0.3, -0.25) is 4.99 Å². The average molecular weight is 420 g/mol. The normalized spacial score (nSPS) is 16.9. The molecule has 1 aliphatic heterocycles. The third-order valence-electron chi connectivity index (χ3n) is 4.93. The number of aromatic nitrogens is 1. The summed E-state index contributed by atoms with van der Waals surface area (Å²) in [5.41, 5.74) is 2.28. The van der Waals surface area contributed by atoms with Gasteiger partial charge < -0.3 is 15.0 Å². The first-order valence-corrected chi connectivity index (χ1v) is 10.2. The minimum Gasteiger partial charge on any atom is -0.444 e. The second kappa shape index (κ2) is 8.34. The highest BCUT2D eigenvalue weighted by molar-refractivity contribution is 6.01. The number of H-pyrrole nitrogens is 1. The van der Waals surface area contributed by atoms with Crippen molar-refractivity contribution in [2.24, 2.45) is 9.98 Å². The number of amides is 1. The lowest BCUT2D eigenvalue weighted by atomic mass is 10.0. The minimum absolute atomic E-state index is 0.299. The summed E-state index contributed by atoms with van der Waals surface area (Å²) >= 11 is 0. The number of para-hydroxylation sites is 1. The predicted octanol–water partition coefficient (Wildman–Crippen LogP) is 4.97. The topological polar surface area (TPSA) is 78.8 Å². The Hall–Kier alpha value is -3.48. The van der Waals surface area contributed by atoms with E-state index >= 15 is 0 Å². The van der Waals surface area contributed by atoms with Gasteiger partial charge >= 0.3 is 6.09 Å². The number of hydrogen-bond acceptors (Lipinski definition) is 4. The van der Waals surface area contributed by atoms with Crippen LogP contribution < -0.4 is 5.32 Å². The summed E-state index contributed by atoms with van der Waals surface area (Å²) in [6, 6.07) is 13.4. The summed E-state index contributed by atoms with van der Waals surface area (Å²) < 4.78 is 18.7. The van der Waals surface area contributed by atoms with Gasteiger partial charge in [0, 0.05) is 29.7 Å². The largest absolute Gasteiger partial charge is 0.444 e. The van der Waals surface area contributed by atoms with Crippen LogP contribution in [-0.2, 0) is 11.2 Å². The number of rotatable bonds is 5. The second-order valence-electron chi connectivity index (χ2n) is 8.52. The first-order valence-electron chi connectivity index (χ1n) is 10.2. The first-order chi connectivity index (χ1) is 14.8. The number of hydrogen-bond donors (Lipinski definition) is 2. The van der Waals surface area contributed by atoms with Crippen LogP contribution in [0.25, 0.3) is 10.9 Å². The van der Waals surface area contributed by atoms with Gasteiger partial charge in [0.15, 0.2) is 0 Å². The zero-order valence-electron chi connectivity index (χ0n) is 17.7. The van der Waals surface area contributed by atoms with Crippen molar-refractivity contribution in [3.8, 4) is 0 Å². The number of ether oxygens (including phenoxy) is 1. The van der Waals surface area contributed by atoms with Gasteiger partial charge in [-0.25, -0.2) is 14.2 Å². The highest BCUT2D eigenvalue weighted by atomic mass is 19.1. The Morgan fingerprint density at radius 3 is 2.68 bits per heavy atom. The van der Waals surface area contributed by atoms with Crippen LogP contribution >= 0.6 is 0 Å². The molecule has 2 heterocycles. The highest BCUT2D eigenvalue weighted by Gasteiger charge is 2.27. The van der Waals surface area contributed by atoms with Crippen molar-refractivity contribution in [3.05, 3.63) is 71.7 Å². The number of carbonyl (C=O) groups is 1. The smallest absolute Gasteiger partial charge is 0.408 e. The van der Waals surface area contributed by atoms with E-state index in [0.29, 0.717) is 12.3 Å². The zero-order chi connectivity index (χ0) is 22.0. The lowest BCUT2D eigenvalue weighted by Crippen LogP contribution is -2.44. The maximum absolute atomic E-state index is 13.3. The van der Waals surface area contributed by atoms with Crippen LogP contribution in [0.3, 0.4) is 0 Å². The number of carbonyl (C=O) groups excluding carboxylic acids is 1. The van der Waals surface area contributed by atoms with Gasteiger partial charge in [0.2, 0.25) is 0 Å². The Bertz CT molecular complexity index is 1140. The summed E-state index contributed by atoms with van der Waals surface area (Å²) in [6.07, 6.45) is 3.61. The van der Waals surface area contributed by atoms with E-state index in [9.17, 15) is 9.18 Å². The number of alkyl carbamates (subject to hydrolysis) is 1. The molecule has 31 heavy (non-hydrogen) atoms. The molecule has 0 spiro atoms. The fourth-order valence-corrected chi connectivity index (χ4v) is 3.53. The minimum atomic E-state index is -0.618. The molecule has 0 saturated carbocycles. The third kappa shape index (κ3) is 4.99. The molecule has 160 valence electrons. The number of fused-ring (bicyclic) bond motifs is 1. The Morgan fingerprint density at radius 1 is 1.19 bits per heavy atom. The SMILES string of the molecule is CC(C)(C)OC(=O)N[C@H](Cc1c[nH]c2ccccc12)C1=NC(c2ccc(F)cc2)C=N1. The number of nitrogens with zero attached hydrogens (tertiary/aromatic N) is 2. The van der Waals surface area contributed by atoms with Crippen molar-refractivity contribution >= 4 is 29.0 Å². The molecule has 2 atom stereocenters. The van der Waals surface area contributed by atoms with Crippen molar-refractivity contribution in [2.75, 3.05) is 0 Å². The molecule has 1 unspecified atom stereocenters. The van der Waals surface area contributed by atoms with Gasteiger partial charge in [0.25, 0.3) is 0 Å². The molecule has 7 heteroatoms. The predicted molar refractivity (Wildman–Crippen MR) is 120 cm³/mol. The molecule has 4 rings (SSSR count). The molecule has 0 aliphatic carbocycles. The monoisotopic (exact) mass is 420 g/mol. The van der Waals surface area contributed by atoms with Gasteiger partial charge in [0.05, 0.1) is 6.04 Å². The van der Waals surface area contributed by atoms with E-state index in [4.69, 9.17) is 4.74 Å². The molecule has 0 radical (unpaired) electrons. The molecule has 3 aromatic rings. The number of nitrogens with one attached hydrogen (secondary N) is 2. The molecular weight excluding hydrogens is 395 g/mol. The van der Waals surface area contributed by atoms with Crippen LogP contribution in [0, 0.1) is 5.82 Å². The number of aromatic amines is 1. The molecule has 6 nitrogen and oxygen atoms in total. The number of benzene rings is 2. The molecular formula is C24H25FN4O2. The van der Waals surface area contributed by atoms with Gasteiger partial charge in [-0.1, -0.05) is 30.3 Å². The molecule has 2 aromatic carbocycles. The summed E-state index contributed by atoms with van der Waals surface area (Å²) in [6.45, 7) is 5.45. The van der Waals surface area contributed by atoms with Crippen LogP contribution in [-0.4, -0.2) is 34.8 Å². The quantitative estimate of drug-likeness (QED) is 0.611. The number of aliphatic imine (C=N–C) groups is 2. The van der Waals surface area contributed by atoms with Crippen molar-refractivity contribution < 1.29 is 13.9 Å². The van der Waals surface area contributed by atoms with Gasteiger partial charge in [-0.05, 0) is 50.1 Å². The maximum Gasteiger partial charge on any atom is 0.408 e. The fourth-order valence-electron chi connectivity index (χ4n) is 3.53. The molecule has 1 aliphatic rings. The summed E-state index contributed by atoms with van der Waals surface area (Å²) in [7, 11) is 0. The van der Waals surface area contributed by atoms with Gasteiger partial charge in [0.1, 0.15) is 23.3 Å². The van der Waals surface area contributed by atoms with E-state index in [-0.39, 0.29) is 11.9 Å². The van der Waals surface area contributed by atoms with Gasteiger partial charge in [-0.2, -0.15) is 0 Å². The molecule has 1 amide bonds. The maximum atomic E-state index is 13.3. The van der Waals surface area contributed by atoms with Crippen molar-refractivity contribution in [1.82, 2.24) is 10.3 Å². The van der Waals surface area contributed by atoms with Crippen molar-refractivity contribution in [1.29, 1.82) is 0 Å². The summed E-state index contributed by atoms with van der Waals surface area (Å²) in [5, 5.41) is 4.00. The number of amidine groups is 1. The van der Waals surface area contributed by atoms with Crippen LogP contribution in [0.15, 0.2) is 64.7 Å². The lowest BCUT2D eigenvalue weighted by molar-refractivity contribution is 0.0518. The Kier molecular flexibility index (Phi) is 5.59. The number of halogens is 1. The Balaban J connectivity index is 1.60. The van der Waals surface area contributed by atoms with E-state index < -0.39 is 17.7 Å². The standard InChI is InChI=1S/C24H25FN4O2/c1-24(2,3)31-23(30)29-20(12-16-13-26-19-7-5-4-6-18(16)19)22-27-14-21(28-22)15-8-10-17(25)11-9-15/h4-11,13-14,20-21,26H,12H2,1-3H3,(H,29,30)/t20-,21?/m1/s1. The Labute approximate surface area is 180 Å². The van der Waals surface area contributed by atoms with E-state index in [1.165, 1.54) is 12.1 Å².